The molecule has 0 bridgehead atoms. The molecule has 1 saturated heterocycles. The number of benzene rings is 1. The minimum atomic E-state index is 0.00254. The van der Waals surface area contributed by atoms with Crippen molar-refractivity contribution in [1.29, 1.82) is 0 Å². The predicted octanol–water partition coefficient (Wildman–Crippen LogP) is 2.65. The first-order valence-electron chi connectivity index (χ1n) is 10.7. The van der Waals surface area contributed by atoms with Crippen molar-refractivity contribution in [2.24, 2.45) is 5.92 Å². The molecule has 1 aliphatic heterocycles. The van der Waals surface area contributed by atoms with Crippen LogP contribution in [-0.2, 0) is 17.9 Å². The monoisotopic (exact) mass is 424 g/mol. The van der Waals surface area contributed by atoms with Crippen molar-refractivity contribution in [1.82, 2.24) is 29.7 Å². The summed E-state index contributed by atoms with van der Waals surface area (Å²) < 4.78 is 6.76. The van der Waals surface area contributed by atoms with Crippen LogP contribution in [-0.4, -0.2) is 61.6 Å². The summed E-state index contributed by atoms with van der Waals surface area (Å²) in [5.41, 5.74) is 3.86. The molecular formula is C22H28N6O3. The Labute approximate surface area is 181 Å². The summed E-state index contributed by atoms with van der Waals surface area (Å²) in [6.45, 7) is 6.38. The lowest BCUT2D eigenvalue weighted by atomic mass is 9.93. The lowest BCUT2D eigenvalue weighted by Gasteiger charge is -2.33. The molecule has 1 aromatic carbocycles. The van der Waals surface area contributed by atoms with Crippen molar-refractivity contribution in [2.45, 2.75) is 46.2 Å². The fraction of sp³-hybridized carbons (Fsp3) is 0.500. The SMILES string of the molecule is CCn1cnc2cc(C(=O)N3CCCC(CC(=O)N(C)Cc4nonc4C)C3)ccc21. The van der Waals surface area contributed by atoms with Crippen LogP contribution in [0.4, 0.5) is 0 Å². The quantitative estimate of drug-likeness (QED) is 0.603. The highest BCUT2D eigenvalue weighted by molar-refractivity contribution is 5.97. The lowest BCUT2D eigenvalue weighted by Crippen LogP contribution is -2.41. The summed E-state index contributed by atoms with van der Waals surface area (Å²) in [4.78, 5) is 33.7. The molecule has 0 radical (unpaired) electrons. The van der Waals surface area contributed by atoms with Crippen LogP contribution in [0.15, 0.2) is 29.2 Å². The third kappa shape index (κ3) is 4.45. The second kappa shape index (κ2) is 8.87. The molecular weight excluding hydrogens is 396 g/mol. The molecule has 1 aliphatic rings. The molecule has 0 N–H and O–H groups in total. The first kappa shape index (κ1) is 21.0. The van der Waals surface area contributed by atoms with E-state index in [4.69, 9.17) is 4.63 Å². The minimum absolute atomic E-state index is 0.00254. The van der Waals surface area contributed by atoms with Crippen molar-refractivity contribution in [3.05, 3.63) is 41.5 Å². The maximum absolute atomic E-state index is 13.1. The van der Waals surface area contributed by atoms with Crippen LogP contribution in [0.3, 0.4) is 0 Å². The summed E-state index contributed by atoms with van der Waals surface area (Å²) in [7, 11) is 1.76. The highest BCUT2D eigenvalue weighted by Crippen LogP contribution is 2.23. The third-order valence-corrected chi connectivity index (χ3v) is 6.04. The molecule has 3 heterocycles. The van der Waals surface area contributed by atoms with Crippen LogP contribution < -0.4 is 0 Å². The molecule has 9 heteroatoms. The van der Waals surface area contributed by atoms with Gasteiger partial charge in [0, 0.05) is 38.7 Å². The van der Waals surface area contributed by atoms with Gasteiger partial charge in [0.25, 0.3) is 5.91 Å². The lowest BCUT2D eigenvalue weighted by molar-refractivity contribution is -0.131. The average molecular weight is 425 g/mol. The van der Waals surface area contributed by atoms with Crippen molar-refractivity contribution in [3.63, 3.8) is 0 Å². The molecule has 9 nitrogen and oxygen atoms in total. The number of imidazole rings is 1. The van der Waals surface area contributed by atoms with Gasteiger partial charge >= 0.3 is 0 Å². The van der Waals surface area contributed by atoms with E-state index < -0.39 is 0 Å². The predicted molar refractivity (Wildman–Crippen MR) is 114 cm³/mol. The molecule has 2 aromatic heterocycles. The Hall–Kier alpha value is -3.23. The van der Waals surface area contributed by atoms with E-state index in [9.17, 15) is 9.59 Å². The Balaban J connectivity index is 1.38. The highest BCUT2D eigenvalue weighted by Gasteiger charge is 2.27. The normalized spacial score (nSPS) is 16.6. The van der Waals surface area contributed by atoms with Crippen LogP contribution in [0, 0.1) is 12.8 Å². The van der Waals surface area contributed by atoms with E-state index in [1.807, 2.05) is 23.1 Å². The first-order valence-corrected chi connectivity index (χ1v) is 10.7. The van der Waals surface area contributed by atoms with Crippen LogP contribution in [0.5, 0.6) is 0 Å². The van der Waals surface area contributed by atoms with Gasteiger partial charge in [-0.25, -0.2) is 9.61 Å². The van der Waals surface area contributed by atoms with E-state index in [1.165, 1.54) is 0 Å². The highest BCUT2D eigenvalue weighted by atomic mass is 16.6. The van der Waals surface area contributed by atoms with Gasteiger partial charge in [-0.05, 0) is 50.8 Å². The number of piperidine rings is 1. The molecule has 0 spiro atoms. The Morgan fingerprint density at radius 3 is 2.87 bits per heavy atom. The molecule has 3 aromatic rings. The fourth-order valence-corrected chi connectivity index (χ4v) is 4.16. The number of aryl methyl sites for hydroxylation is 2. The van der Waals surface area contributed by atoms with Gasteiger partial charge in [-0.15, -0.1) is 0 Å². The minimum Gasteiger partial charge on any atom is -0.340 e. The Kier molecular flexibility index (Phi) is 6.01. The number of carbonyl (C=O) groups is 2. The summed E-state index contributed by atoms with van der Waals surface area (Å²) in [5, 5.41) is 7.60. The van der Waals surface area contributed by atoms with Gasteiger partial charge in [0.05, 0.1) is 23.9 Å². The number of aromatic nitrogens is 4. The molecule has 2 amide bonds. The number of hydrogen-bond donors (Lipinski definition) is 0. The second-order valence-electron chi connectivity index (χ2n) is 8.24. The number of likely N-dealkylation sites (tertiary alicyclic amines) is 1. The van der Waals surface area contributed by atoms with Gasteiger partial charge in [-0.2, -0.15) is 0 Å². The van der Waals surface area contributed by atoms with Gasteiger partial charge in [-0.1, -0.05) is 10.3 Å². The van der Waals surface area contributed by atoms with Crippen molar-refractivity contribution in [2.75, 3.05) is 20.1 Å². The Bertz CT molecular complexity index is 1090. The smallest absolute Gasteiger partial charge is 0.253 e. The summed E-state index contributed by atoms with van der Waals surface area (Å²) >= 11 is 0. The van der Waals surface area contributed by atoms with Crippen molar-refractivity contribution >= 4 is 22.8 Å². The molecule has 31 heavy (non-hydrogen) atoms. The number of carbonyl (C=O) groups excluding carboxylic acids is 2. The summed E-state index contributed by atoms with van der Waals surface area (Å²) in [5.74, 6) is 0.184. The maximum Gasteiger partial charge on any atom is 0.253 e. The van der Waals surface area contributed by atoms with E-state index in [-0.39, 0.29) is 17.7 Å². The zero-order valence-corrected chi connectivity index (χ0v) is 18.2. The summed E-state index contributed by atoms with van der Waals surface area (Å²) in [6, 6.07) is 5.69. The number of nitrogens with zero attached hydrogens (tertiary/aromatic N) is 6. The molecule has 164 valence electrons. The van der Waals surface area contributed by atoms with Crippen LogP contribution in [0.1, 0.15) is 47.9 Å². The largest absolute Gasteiger partial charge is 0.340 e. The molecule has 1 unspecified atom stereocenters. The summed E-state index contributed by atoms with van der Waals surface area (Å²) in [6.07, 6.45) is 4.04. The molecule has 1 fully saturated rings. The molecule has 0 saturated carbocycles. The Morgan fingerprint density at radius 1 is 1.29 bits per heavy atom. The van der Waals surface area contributed by atoms with Crippen LogP contribution in [0.2, 0.25) is 0 Å². The zero-order chi connectivity index (χ0) is 22.0. The molecule has 1 atom stereocenters. The van der Waals surface area contributed by atoms with Gasteiger partial charge in [-0.3, -0.25) is 9.59 Å². The van der Waals surface area contributed by atoms with Gasteiger partial charge in [0.2, 0.25) is 5.91 Å². The van der Waals surface area contributed by atoms with Crippen LogP contribution in [0.25, 0.3) is 11.0 Å². The fourth-order valence-electron chi connectivity index (χ4n) is 4.16. The Morgan fingerprint density at radius 2 is 2.13 bits per heavy atom. The van der Waals surface area contributed by atoms with Gasteiger partial charge < -0.3 is 14.4 Å². The van der Waals surface area contributed by atoms with Crippen LogP contribution >= 0.6 is 0 Å². The second-order valence-corrected chi connectivity index (χ2v) is 8.24. The van der Waals surface area contributed by atoms with E-state index in [2.05, 4.69) is 26.8 Å². The maximum atomic E-state index is 13.1. The van der Waals surface area contributed by atoms with E-state index >= 15 is 0 Å². The average Bonchev–Trinajstić information content (AvgIpc) is 3.38. The first-order chi connectivity index (χ1) is 15.0. The third-order valence-electron chi connectivity index (χ3n) is 6.04. The van der Waals surface area contributed by atoms with Crippen molar-refractivity contribution in [3.8, 4) is 0 Å². The van der Waals surface area contributed by atoms with E-state index in [0.717, 1.165) is 30.4 Å². The van der Waals surface area contributed by atoms with Gasteiger partial charge in [0.15, 0.2) is 0 Å². The van der Waals surface area contributed by atoms with E-state index in [1.54, 1.807) is 25.2 Å². The van der Waals surface area contributed by atoms with Crippen molar-refractivity contribution < 1.29 is 14.2 Å². The number of hydrogen-bond acceptors (Lipinski definition) is 6. The number of rotatable bonds is 6. The molecule has 4 rings (SSSR count). The topological polar surface area (TPSA) is 97.4 Å². The van der Waals surface area contributed by atoms with E-state index in [0.29, 0.717) is 43.0 Å². The standard InChI is InChI=1S/C22H28N6O3/c1-4-27-14-23-18-11-17(7-8-20(18)27)22(30)28-9-5-6-16(12-28)10-21(29)26(3)13-19-15(2)24-31-25-19/h7-8,11,14,16H,4-6,9-10,12-13H2,1-3H3. The van der Waals surface area contributed by atoms with Gasteiger partial charge in [0.1, 0.15) is 11.4 Å². The zero-order valence-electron chi connectivity index (χ0n) is 18.2. The number of fused-ring (bicyclic) bond motifs is 1. The number of amides is 2. The molecule has 0 aliphatic carbocycles.